The van der Waals surface area contributed by atoms with Crippen molar-refractivity contribution < 1.29 is 4.79 Å². The molecular formula is C21H23N5O. The normalized spacial score (nSPS) is 13.7. The van der Waals surface area contributed by atoms with Gasteiger partial charge in [-0.1, -0.05) is 24.3 Å². The lowest BCUT2D eigenvalue weighted by Crippen LogP contribution is -2.28. The molecule has 1 aliphatic rings. The van der Waals surface area contributed by atoms with Crippen LogP contribution in [-0.4, -0.2) is 33.8 Å². The Morgan fingerprint density at radius 2 is 1.81 bits per heavy atom. The first kappa shape index (κ1) is 17.3. The lowest BCUT2D eigenvalue weighted by Gasteiger charge is -2.19. The van der Waals surface area contributed by atoms with Crippen LogP contribution in [0, 0.1) is 0 Å². The second kappa shape index (κ2) is 8.03. The van der Waals surface area contributed by atoms with Crippen molar-refractivity contribution in [3.05, 3.63) is 77.7 Å². The van der Waals surface area contributed by atoms with E-state index in [1.54, 1.807) is 12.4 Å². The zero-order valence-electron chi connectivity index (χ0n) is 15.2. The molecule has 138 valence electrons. The van der Waals surface area contributed by atoms with Crippen LogP contribution < -0.4 is 10.2 Å². The topological polar surface area (TPSA) is 63.1 Å². The van der Waals surface area contributed by atoms with E-state index >= 15 is 0 Å². The average Bonchev–Trinajstić information content (AvgIpc) is 3.41. The van der Waals surface area contributed by atoms with Gasteiger partial charge in [-0.3, -0.25) is 9.48 Å². The van der Waals surface area contributed by atoms with E-state index in [0.717, 1.165) is 42.9 Å². The van der Waals surface area contributed by atoms with Crippen LogP contribution in [0.2, 0.25) is 0 Å². The number of carbonyl (C=O) groups excluding carboxylic acids is 1. The van der Waals surface area contributed by atoms with Crippen molar-refractivity contribution in [3.63, 3.8) is 0 Å². The number of anilines is 1. The van der Waals surface area contributed by atoms with Gasteiger partial charge in [-0.15, -0.1) is 0 Å². The molecule has 1 saturated heterocycles. The van der Waals surface area contributed by atoms with E-state index in [9.17, 15) is 4.79 Å². The fraction of sp³-hybridized carbons (Fsp3) is 0.286. The lowest BCUT2D eigenvalue weighted by atomic mass is 10.1. The summed E-state index contributed by atoms with van der Waals surface area (Å²) in [4.78, 5) is 19.5. The molecule has 0 bridgehead atoms. The van der Waals surface area contributed by atoms with Crippen molar-refractivity contribution in [2.45, 2.75) is 25.9 Å². The van der Waals surface area contributed by atoms with Crippen LogP contribution in [0.1, 0.15) is 34.3 Å². The number of hydrogen-bond donors (Lipinski definition) is 1. The predicted octanol–water partition coefficient (Wildman–Crippen LogP) is 2.86. The SMILES string of the molecule is O=C(NCc1ccccc1Cn1cccn1)c1cccnc1N1CCCC1. The van der Waals surface area contributed by atoms with Gasteiger partial charge in [0.2, 0.25) is 0 Å². The molecular weight excluding hydrogens is 338 g/mol. The van der Waals surface area contributed by atoms with Gasteiger partial charge in [-0.2, -0.15) is 5.10 Å². The minimum Gasteiger partial charge on any atom is -0.356 e. The van der Waals surface area contributed by atoms with Crippen LogP contribution >= 0.6 is 0 Å². The molecule has 1 N–H and O–H groups in total. The minimum absolute atomic E-state index is 0.0844. The molecule has 0 atom stereocenters. The predicted molar refractivity (Wildman–Crippen MR) is 105 cm³/mol. The van der Waals surface area contributed by atoms with Crippen LogP contribution in [0.3, 0.4) is 0 Å². The highest BCUT2D eigenvalue weighted by Gasteiger charge is 2.20. The molecule has 1 aromatic carbocycles. The third-order valence-electron chi connectivity index (χ3n) is 4.89. The van der Waals surface area contributed by atoms with Gasteiger partial charge in [0.15, 0.2) is 0 Å². The number of aromatic nitrogens is 3. The standard InChI is InChI=1S/C21H23N5O/c27-21(19-9-5-10-22-20(19)25-12-3-4-13-25)23-15-17-7-1-2-8-18(17)16-26-14-6-11-24-26/h1-2,5-11,14H,3-4,12-13,15-16H2,(H,23,27). The van der Waals surface area contributed by atoms with Gasteiger partial charge in [0.1, 0.15) is 5.82 Å². The first-order chi connectivity index (χ1) is 13.3. The zero-order valence-corrected chi connectivity index (χ0v) is 15.2. The van der Waals surface area contributed by atoms with Gasteiger partial charge < -0.3 is 10.2 Å². The highest BCUT2D eigenvalue weighted by molar-refractivity contribution is 5.98. The molecule has 1 amide bonds. The monoisotopic (exact) mass is 361 g/mol. The Labute approximate surface area is 158 Å². The van der Waals surface area contributed by atoms with Crippen molar-refractivity contribution in [1.29, 1.82) is 0 Å². The summed E-state index contributed by atoms with van der Waals surface area (Å²) in [5, 5.41) is 7.33. The van der Waals surface area contributed by atoms with Crippen LogP contribution in [0.25, 0.3) is 0 Å². The maximum absolute atomic E-state index is 12.8. The number of amides is 1. The fourth-order valence-corrected chi connectivity index (χ4v) is 3.48. The number of rotatable bonds is 6. The Balaban J connectivity index is 1.47. The largest absolute Gasteiger partial charge is 0.356 e. The molecule has 6 heteroatoms. The molecule has 1 fully saturated rings. The summed E-state index contributed by atoms with van der Waals surface area (Å²) in [6.07, 6.45) is 7.76. The summed E-state index contributed by atoms with van der Waals surface area (Å²) >= 11 is 0. The first-order valence-electron chi connectivity index (χ1n) is 9.33. The summed E-state index contributed by atoms with van der Waals surface area (Å²) < 4.78 is 1.88. The minimum atomic E-state index is -0.0844. The van der Waals surface area contributed by atoms with E-state index in [0.29, 0.717) is 18.7 Å². The third kappa shape index (κ3) is 4.00. The Morgan fingerprint density at radius 1 is 1.00 bits per heavy atom. The Morgan fingerprint density at radius 3 is 2.59 bits per heavy atom. The van der Waals surface area contributed by atoms with E-state index in [2.05, 4.69) is 26.4 Å². The van der Waals surface area contributed by atoms with E-state index in [1.165, 1.54) is 0 Å². The molecule has 6 nitrogen and oxygen atoms in total. The second-order valence-electron chi connectivity index (χ2n) is 6.72. The molecule has 0 radical (unpaired) electrons. The molecule has 0 spiro atoms. The molecule has 0 aliphatic carbocycles. The van der Waals surface area contributed by atoms with Crippen molar-refractivity contribution >= 4 is 11.7 Å². The van der Waals surface area contributed by atoms with E-state index in [-0.39, 0.29) is 5.91 Å². The number of benzene rings is 1. The number of nitrogens with zero attached hydrogens (tertiary/aromatic N) is 4. The molecule has 27 heavy (non-hydrogen) atoms. The third-order valence-corrected chi connectivity index (χ3v) is 4.89. The van der Waals surface area contributed by atoms with Gasteiger partial charge in [0.25, 0.3) is 5.91 Å². The van der Waals surface area contributed by atoms with Crippen molar-refractivity contribution in [3.8, 4) is 0 Å². The average molecular weight is 361 g/mol. The molecule has 1 aliphatic heterocycles. The maximum atomic E-state index is 12.8. The van der Waals surface area contributed by atoms with Gasteiger partial charge in [0, 0.05) is 38.2 Å². The van der Waals surface area contributed by atoms with E-state index in [4.69, 9.17) is 0 Å². The van der Waals surface area contributed by atoms with E-state index < -0.39 is 0 Å². The van der Waals surface area contributed by atoms with Crippen molar-refractivity contribution in [2.75, 3.05) is 18.0 Å². The quantitative estimate of drug-likeness (QED) is 0.733. The van der Waals surface area contributed by atoms with Crippen LogP contribution in [0.5, 0.6) is 0 Å². The Kier molecular flexibility index (Phi) is 5.14. The molecule has 2 aromatic heterocycles. The summed E-state index contributed by atoms with van der Waals surface area (Å²) in [5.74, 6) is 0.705. The number of hydrogen-bond acceptors (Lipinski definition) is 4. The highest BCUT2D eigenvalue weighted by Crippen LogP contribution is 2.22. The molecule has 4 rings (SSSR count). The summed E-state index contributed by atoms with van der Waals surface area (Å²) in [6, 6.07) is 13.7. The first-order valence-corrected chi connectivity index (χ1v) is 9.33. The highest BCUT2D eigenvalue weighted by atomic mass is 16.1. The molecule has 0 unspecified atom stereocenters. The van der Waals surface area contributed by atoms with Gasteiger partial charge in [-0.05, 0) is 42.2 Å². The number of pyridine rings is 1. The van der Waals surface area contributed by atoms with Gasteiger partial charge in [0.05, 0.1) is 12.1 Å². The maximum Gasteiger partial charge on any atom is 0.255 e. The zero-order chi connectivity index (χ0) is 18.5. The van der Waals surface area contributed by atoms with Crippen LogP contribution in [0.4, 0.5) is 5.82 Å². The molecule has 3 aromatic rings. The van der Waals surface area contributed by atoms with E-state index in [1.807, 2.05) is 47.3 Å². The lowest BCUT2D eigenvalue weighted by molar-refractivity contribution is 0.0951. The Bertz CT molecular complexity index is 900. The number of carbonyl (C=O) groups is 1. The van der Waals surface area contributed by atoms with Gasteiger partial charge >= 0.3 is 0 Å². The fourth-order valence-electron chi connectivity index (χ4n) is 3.48. The second-order valence-corrected chi connectivity index (χ2v) is 6.72. The Hall–Kier alpha value is -3.15. The molecule has 3 heterocycles. The van der Waals surface area contributed by atoms with Gasteiger partial charge in [-0.25, -0.2) is 4.98 Å². The molecule has 0 saturated carbocycles. The summed E-state index contributed by atoms with van der Waals surface area (Å²) in [6.45, 7) is 3.09. The van der Waals surface area contributed by atoms with Crippen molar-refractivity contribution in [2.24, 2.45) is 0 Å². The van der Waals surface area contributed by atoms with Crippen LogP contribution in [0.15, 0.2) is 61.1 Å². The van der Waals surface area contributed by atoms with Crippen molar-refractivity contribution in [1.82, 2.24) is 20.1 Å². The smallest absolute Gasteiger partial charge is 0.255 e. The number of nitrogens with one attached hydrogen (secondary N) is 1. The summed E-state index contributed by atoms with van der Waals surface area (Å²) in [5.41, 5.74) is 2.88. The van der Waals surface area contributed by atoms with Crippen LogP contribution in [-0.2, 0) is 13.1 Å². The summed E-state index contributed by atoms with van der Waals surface area (Å²) in [7, 11) is 0.